The molecule has 0 aliphatic carbocycles. The summed E-state index contributed by atoms with van der Waals surface area (Å²) in [6.45, 7) is 3.69. The van der Waals surface area contributed by atoms with Gasteiger partial charge in [0.2, 0.25) is 0 Å². The third kappa shape index (κ3) is 2.50. The second-order valence-electron chi connectivity index (χ2n) is 3.13. The molecule has 0 bridgehead atoms. The summed E-state index contributed by atoms with van der Waals surface area (Å²) in [6, 6.07) is 5.49. The Kier molecular flexibility index (Phi) is 4.18. The van der Waals surface area contributed by atoms with E-state index in [9.17, 15) is 5.11 Å². The zero-order valence-corrected chi connectivity index (χ0v) is 9.06. The number of hydrogen-bond acceptors (Lipinski definition) is 3. The Hall–Kier alpha value is -1.48. The van der Waals surface area contributed by atoms with Crippen LogP contribution in [0.3, 0.4) is 0 Å². The van der Waals surface area contributed by atoms with Crippen molar-refractivity contribution in [2.75, 3.05) is 20.8 Å². The van der Waals surface area contributed by atoms with Crippen molar-refractivity contribution in [2.45, 2.75) is 5.92 Å². The van der Waals surface area contributed by atoms with E-state index in [1.807, 2.05) is 18.2 Å². The summed E-state index contributed by atoms with van der Waals surface area (Å²) in [7, 11) is 3.20. The first-order valence-corrected chi connectivity index (χ1v) is 4.72. The van der Waals surface area contributed by atoms with Gasteiger partial charge >= 0.3 is 0 Å². The fraction of sp³-hybridized carbons (Fsp3) is 0.333. The van der Waals surface area contributed by atoms with Crippen LogP contribution in [0.15, 0.2) is 30.9 Å². The number of rotatable bonds is 5. The van der Waals surface area contributed by atoms with E-state index in [1.165, 1.54) is 0 Å². The van der Waals surface area contributed by atoms with Crippen LogP contribution in [0.5, 0.6) is 11.5 Å². The molecule has 1 rings (SSSR count). The summed E-state index contributed by atoms with van der Waals surface area (Å²) in [5.41, 5.74) is 0.884. The maximum atomic E-state index is 9.20. The first kappa shape index (κ1) is 11.6. The maximum absolute atomic E-state index is 9.20. The van der Waals surface area contributed by atoms with Crippen LogP contribution in [0.1, 0.15) is 11.5 Å². The van der Waals surface area contributed by atoms with Crippen molar-refractivity contribution in [3.8, 4) is 11.5 Å². The van der Waals surface area contributed by atoms with Crippen molar-refractivity contribution in [3.05, 3.63) is 36.4 Å². The molecular weight excluding hydrogens is 192 g/mol. The molecule has 0 fully saturated rings. The number of hydrogen-bond donors (Lipinski definition) is 1. The minimum Gasteiger partial charge on any atom is -0.497 e. The number of aliphatic hydroxyl groups excluding tert-OH is 1. The van der Waals surface area contributed by atoms with E-state index in [4.69, 9.17) is 9.47 Å². The number of benzene rings is 1. The smallest absolute Gasteiger partial charge is 0.123 e. The van der Waals surface area contributed by atoms with Gasteiger partial charge < -0.3 is 14.6 Å². The fourth-order valence-corrected chi connectivity index (χ4v) is 1.43. The van der Waals surface area contributed by atoms with Crippen molar-refractivity contribution in [2.24, 2.45) is 0 Å². The third-order valence-corrected chi connectivity index (χ3v) is 2.32. The minimum atomic E-state index is -0.130. The summed E-state index contributed by atoms with van der Waals surface area (Å²) in [5.74, 6) is 1.34. The summed E-state index contributed by atoms with van der Waals surface area (Å²) < 4.78 is 10.3. The van der Waals surface area contributed by atoms with E-state index in [0.717, 1.165) is 17.1 Å². The monoisotopic (exact) mass is 208 g/mol. The highest BCUT2D eigenvalue weighted by molar-refractivity contribution is 5.43. The van der Waals surface area contributed by atoms with Crippen molar-refractivity contribution in [1.29, 1.82) is 0 Å². The Bertz CT molecular complexity index is 334. The normalized spacial score (nSPS) is 11.9. The minimum absolute atomic E-state index is 0.00697. The van der Waals surface area contributed by atoms with Gasteiger partial charge in [0, 0.05) is 11.5 Å². The quantitative estimate of drug-likeness (QED) is 0.752. The van der Waals surface area contributed by atoms with E-state index in [-0.39, 0.29) is 12.5 Å². The van der Waals surface area contributed by atoms with Gasteiger partial charge in [0.05, 0.1) is 20.8 Å². The Morgan fingerprint density at radius 3 is 2.60 bits per heavy atom. The molecular formula is C12H16O3. The van der Waals surface area contributed by atoms with Gasteiger partial charge in [-0.25, -0.2) is 0 Å². The largest absolute Gasteiger partial charge is 0.497 e. The van der Waals surface area contributed by atoms with Gasteiger partial charge in [-0.2, -0.15) is 0 Å². The molecule has 0 aliphatic rings. The molecule has 3 heteroatoms. The van der Waals surface area contributed by atoms with Crippen LogP contribution in [0.2, 0.25) is 0 Å². The molecule has 0 heterocycles. The van der Waals surface area contributed by atoms with Crippen LogP contribution in [-0.4, -0.2) is 25.9 Å². The lowest BCUT2D eigenvalue weighted by molar-refractivity contribution is 0.280. The predicted octanol–water partition coefficient (Wildman–Crippen LogP) is 1.97. The van der Waals surface area contributed by atoms with Gasteiger partial charge in [0.25, 0.3) is 0 Å². The van der Waals surface area contributed by atoms with Gasteiger partial charge in [0.15, 0.2) is 0 Å². The van der Waals surface area contributed by atoms with Gasteiger partial charge in [-0.1, -0.05) is 6.08 Å². The van der Waals surface area contributed by atoms with Crippen molar-refractivity contribution >= 4 is 0 Å². The van der Waals surface area contributed by atoms with Gasteiger partial charge in [-0.3, -0.25) is 0 Å². The lowest BCUT2D eigenvalue weighted by atomic mass is 9.99. The SMILES string of the molecule is C=CC(CO)c1cc(OC)ccc1OC. The van der Waals surface area contributed by atoms with Crippen molar-refractivity contribution < 1.29 is 14.6 Å². The van der Waals surface area contributed by atoms with Crippen molar-refractivity contribution in [3.63, 3.8) is 0 Å². The van der Waals surface area contributed by atoms with Crippen LogP contribution in [0, 0.1) is 0 Å². The summed E-state index contributed by atoms with van der Waals surface area (Å²) >= 11 is 0. The number of aliphatic hydroxyl groups is 1. The van der Waals surface area contributed by atoms with Crippen LogP contribution in [0.4, 0.5) is 0 Å². The lowest BCUT2D eigenvalue weighted by Crippen LogP contribution is -2.03. The van der Waals surface area contributed by atoms with Crippen molar-refractivity contribution in [1.82, 2.24) is 0 Å². The second-order valence-corrected chi connectivity index (χ2v) is 3.13. The molecule has 1 unspecified atom stereocenters. The average Bonchev–Trinajstić information content (AvgIpc) is 2.30. The molecule has 1 aromatic rings. The first-order chi connectivity index (χ1) is 7.26. The lowest BCUT2D eigenvalue weighted by Gasteiger charge is -2.15. The molecule has 0 amide bonds. The summed E-state index contributed by atoms with van der Waals surface area (Å²) in [5, 5.41) is 9.20. The molecule has 82 valence electrons. The molecule has 15 heavy (non-hydrogen) atoms. The Balaban J connectivity index is 3.15. The van der Waals surface area contributed by atoms with Crippen LogP contribution in [0.25, 0.3) is 0 Å². The number of ether oxygens (including phenoxy) is 2. The molecule has 1 atom stereocenters. The number of methoxy groups -OCH3 is 2. The highest BCUT2D eigenvalue weighted by atomic mass is 16.5. The molecule has 0 aromatic heterocycles. The average molecular weight is 208 g/mol. The first-order valence-electron chi connectivity index (χ1n) is 4.72. The fourth-order valence-electron chi connectivity index (χ4n) is 1.43. The van der Waals surface area contributed by atoms with Gasteiger partial charge in [-0.05, 0) is 18.2 Å². The molecule has 3 nitrogen and oxygen atoms in total. The van der Waals surface area contributed by atoms with Crippen LogP contribution in [-0.2, 0) is 0 Å². The zero-order valence-electron chi connectivity index (χ0n) is 9.06. The zero-order chi connectivity index (χ0) is 11.3. The topological polar surface area (TPSA) is 38.7 Å². The van der Waals surface area contributed by atoms with E-state index in [1.54, 1.807) is 20.3 Å². The molecule has 1 N–H and O–H groups in total. The van der Waals surface area contributed by atoms with Crippen LogP contribution < -0.4 is 9.47 Å². The molecule has 0 saturated carbocycles. The Morgan fingerprint density at radius 1 is 1.40 bits per heavy atom. The molecule has 0 radical (unpaired) electrons. The van der Waals surface area contributed by atoms with E-state index in [0.29, 0.717) is 0 Å². The second kappa shape index (κ2) is 5.41. The standard InChI is InChI=1S/C12H16O3/c1-4-9(8-13)11-7-10(14-2)5-6-12(11)15-3/h4-7,9,13H,1,8H2,2-3H3. The van der Waals surface area contributed by atoms with E-state index >= 15 is 0 Å². The maximum Gasteiger partial charge on any atom is 0.123 e. The van der Waals surface area contributed by atoms with E-state index < -0.39 is 0 Å². The Morgan fingerprint density at radius 2 is 2.13 bits per heavy atom. The highest BCUT2D eigenvalue weighted by Gasteiger charge is 2.13. The van der Waals surface area contributed by atoms with E-state index in [2.05, 4.69) is 6.58 Å². The molecule has 0 saturated heterocycles. The van der Waals surface area contributed by atoms with Crippen LogP contribution >= 0.6 is 0 Å². The third-order valence-electron chi connectivity index (χ3n) is 2.32. The summed E-state index contributed by atoms with van der Waals surface area (Å²) in [4.78, 5) is 0. The molecule has 0 aliphatic heterocycles. The Labute approximate surface area is 90.0 Å². The molecule has 1 aromatic carbocycles. The van der Waals surface area contributed by atoms with Gasteiger partial charge in [0.1, 0.15) is 11.5 Å². The molecule has 0 spiro atoms. The predicted molar refractivity (Wildman–Crippen MR) is 59.6 cm³/mol. The van der Waals surface area contributed by atoms with Gasteiger partial charge in [-0.15, -0.1) is 6.58 Å². The highest BCUT2D eigenvalue weighted by Crippen LogP contribution is 2.30. The summed E-state index contributed by atoms with van der Waals surface area (Å²) in [6.07, 6.45) is 1.69.